The molecule has 4 rings (SSSR count). The van der Waals surface area contributed by atoms with E-state index in [0.29, 0.717) is 11.3 Å². The summed E-state index contributed by atoms with van der Waals surface area (Å²) in [5.41, 5.74) is 0.628. The van der Waals surface area contributed by atoms with Crippen LogP contribution in [0.1, 0.15) is 16.1 Å². The molecule has 164 valence electrons. The maximum absolute atomic E-state index is 13.9. The highest BCUT2D eigenvalue weighted by molar-refractivity contribution is 6.33. The Bertz CT molecular complexity index is 1220. The molecule has 2 aromatic heterocycles. The Labute approximate surface area is 188 Å². The molecule has 0 radical (unpaired) electrons. The van der Waals surface area contributed by atoms with Gasteiger partial charge in [-0.05, 0) is 36.4 Å². The number of anilines is 1. The topological polar surface area (TPSA) is 83.2 Å². The van der Waals surface area contributed by atoms with E-state index in [0.717, 1.165) is 5.75 Å². The van der Waals surface area contributed by atoms with Crippen LogP contribution in [0.4, 0.5) is 10.2 Å². The largest absolute Gasteiger partial charge is 0.497 e. The van der Waals surface area contributed by atoms with Crippen molar-refractivity contribution in [1.82, 2.24) is 19.6 Å². The van der Waals surface area contributed by atoms with Gasteiger partial charge in [0.2, 0.25) is 0 Å². The third-order valence-corrected chi connectivity index (χ3v) is 4.81. The molecule has 0 atom stereocenters. The molecule has 0 saturated carbocycles. The summed E-state index contributed by atoms with van der Waals surface area (Å²) in [6.45, 7) is 0.303. The number of ether oxygens (including phenoxy) is 2. The number of hydrogen-bond donors (Lipinski definition) is 1. The number of methoxy groups -OCH3 is 1. The van der Waals surface area contributed by atoms with Crippen molar-refractivity contribution in [1.29, 1.82) is 0 Å². The van der Waals surface area contributed by atoms with E-state index in [1.165, 1.54) is 21.6 Å². The van der Waals surface area contributed by atoms with Crippen molar-refractivity contribution in [3.63, 3.8) is 0 Å². The van der Waals surface area contributed by atoms with E-state index in [4.69, 9.17) is 21.1 Å². The van der Waals surface area contributed by atoms with Crippen molar-refractivity contribution in [2.45, 2.75) is 13.3 Å². The molecule has 8 nitrogen and oxygen atoms in total. The number of nitrogens with one attached hydrogen (secondary N) is 1. The SMILES string of the molecule is COc1ccc(OCn2ccc(C(=O)Nc3nn(Cc4ccccc4F)cc3Cl)n2)cc1. The fraction of sp³-hybridized carbons (Fsp3) is 0.136. The van der Waals surface area contributed by atoms with Crippen LogP contribution in [0.25, 0.3) is 0 Å². The fourth-order valence-electron chi connectivity index (χ4n) is 2.90. The first-order chi connectivity index (χ1) is 15.5. The van der Waals surface area contributed by atoms with Crippen molar-refractivity contribution >= 4 is 23.3 Å². The molecule has 0 aliphatic carbocycles. The molecule has 32 heavy (non-hydrogen) atoms. The quantitative estimate of drug-likeness (QED) is 0.430. The molecule has 1 N–H and O–H groups in total. The second-order valence-corrected chi connectivity index (χ2v) is 7.17. The zero-order valence-electron chi connectivity index (χ0n) is 17.0. The Morgan fingerprint density at radius 1 is 1.06 bits per heavy atom. The number of rotatable bonds is 8. The van der Waals surface area contributed by atoms with Crippen LogP contribution in [-0.4, -0.2) is 32.6 Å². The number of hydrogen-bond acceptors (Lipinski definition) is 5. The summed E-state index contributed by atoms with van der Waals surface area (Å²) in [7, 11) is 1.59. The van der Waals surface area contributed by atoms with Gasteiger partial charge in [-0.15, -0.1) is 0 Å². The molecule has 4 aromatic rings. The van der Waals surface area contributed by atoms with E-state index in [9.17, 15) is 9.18 Å². The predicted octanol–water partition coefficient (Wildman–Crippen LogP) is 4.22. The van der Waals surface area contributed by atoms with Crippen molar-refractivity contribution in [3.05, 3.63) is 89.1 Å². The maximum Gasteiger partial charge on any atom is 0.277 e. The van der Waals surface area contributed by atoms with Crippen molar-refractivity contribution in [2.24, 2.45) is 0 Å². The van der Waals surface area contributed by atoms with Crippen LogP contribution in [0.3, 0.4) is 0 Å². The van der Waals surface area contributed by atoms with Gasteiger partial charge in [-0.1, -0.05) is 29.8 Å². The van der Waals surface area contributed by atoms with Gasteiger partial charge in [-0.2, -0.15) is 10.2 Å². The van der Waals surface area contributed by atoms with Crippen molar-refractivity contribution in [2.75, 3.05) is 12.4 Å². The number of amides is 1. The van der Waals surface area contributed by atoms with Crippen LogP contribution in [0.15, 0.2) is 67.0 Å². The second-order valence-electron chi connectivity index (χ2n) is 6.76. The number of carbonyl (C=O) groups excluding carboxylic acids is 1. The highest BCUT2D eigenvalue weighted by Crippen LogP contribution is 2.21. The lowest BCUT2D eigenvalue weighted by Gasteiger charge is -2.07. The number of carbonyl (C=O) groups is 1. The third kappa shape index (κ3) is 5.06. The maximum atomic E-state index is 13.9. The Morgan fingerprint density at radius 3 is 2.56 bits per heavy atom. The number of aromatic nitrogens is 4. The van der Waals surface area contributed by atoms with Gasteiger partial charge in [0.05, 0.1) is 13.7 Å². The minimum Gasteiger partial charge on any atom is -0.497 e. The van der Waals surface area contributed by atoms with Crippen LogP contribution in [0.5, 0.6) is 11.5 Å². The van der Waals surface area contributed by atoms with E-state index in [2.05, 4.69) is 15.5 Å². The van der Waals surface area contributed by atoms with Crippen LogP contribution in [-0.2, 0) is 13.3 Å². The molecule has 0 unspecified atom stereocenters. The summed E-state index contributed by atoms with van der Waals surface area (Å²) in [6, 6.07) is 15.0. The van der Waals surface area contributed by atoms with Gasteiger partial charge in [0, 0.05) is 18.0 Å². The molecule has 2 heterocycles. The Hall–Kier alpha value is -3.85. The zero-order valence-corrected chi connectivity index (χ0v) is 17.8. The second kappa shape index (κ2) is 9.52. The lowest BCUT2D eigenvalue weighted by atomic mass is 10.2. The van der Waals surface area contributed by atoms with E-state index in [1.807, 2.05) is 0 Å². The molecule has 0 bridgehead atoms. The average molecular weight is 456 g/mol. The molecule has 0 spiro atoms. The van der Waals surface area contributed by atoms with Gasteiger partial charge >= 0.3 is 0 Å². The lowest BCUT2D eigenvalue weighted by molar-refractivity contribution is 0.101. The van der Waals surface area contributed by atoms with E-state index in [-0.39, 0.29) is 35.6 Å². The van der Waals surface area contributed by atoms with Crippen molar-refractivity contribution in [3.8, 4) is 11.5 Å². The van der Waals surface area contributed by atoms with Gasteiger partial charge in [-0.3, -0.25) is 9.48 Å². The monoisotopic (exact) mass is 455 g/mol. The molecule has 0 saturated heterocycles. The molecule has 0 aliphatic rings. The highest BCUT2D eigenvalue weighted by atomic mass is 35.5. The summed E-state index contributed by atoms with van der Waals surface area (Å²) in [6.07, 6.45) is 3.14. The van der Waals surface area contributed by atoms with Crippen molar-refractivity contribution < 1.29 is 18.7 Å². The molecule has 2 aromatic carbocycles. The lowest BCUT2D eigenvalue weighted by Crippen LogP contribution is -2.15. The molecular weight excluding hydrogens is 437 g/mol. The van der Waals surface area contributed by atoms with Crippen LogP contribution in [0.2, 0.25) is 5.02 Å². The fourth-order valence-corrected chi connectivity index (χ4v) is 3.10. The average Bonchev–Trinajstić information content (AvgIpc) is 3.41. The Morgan fingerprint density at radius 2 is 1.81 bits per heavy atom. The zero-order chi connectivity index (χ0) is 22.5. The molecule has 0 aliphatic heterocycles. The number of halogens is 2. The van der Waals surface area contributed by atoms with Gasteiger partial charge < -0.3 is 14.8 Å². The normalized spacial score (nSPS) is 10.7. The van der Waals surface area contributed by atoms with Crippen LogP contribution >= 0.6 is 11.6 Å². The van der Waals surface area contributed by atoms with E-state index in [1.54, 1.807) is 61.8 Å². The summed E-state index contributed by atoms with van der Waals surface area (Å²) in [4.78, 5) is 12.5. The van der Waals surface area contributed by atoms with Gasteiger partial charge in [-0.25, -0.2) is 9.07 Å². The Balaban J connectivity index is 1.36. The minimum absolute atomic E-state index is 0.123. The van der Waals surface area contributed by atoms with Gasteiger partial charge in [0.15, 0.2) is 18.2 Å². The summed E-state index contributed by atoms with van der Waals surface area (Å²) in [5, 5.41) is 11.3. The van der Waals surface area contributed by atoms with Gasteiger partial charge in [0.1, 0.15) is 22.3 Å². The number of nitrogens with zero attached hydrogens (tertiary/aromatic N) is 4. The molecule has 0 fully saturated rings. The van der Waals surface area contributed by atoms with Crippen LogP contribution in [0, 0.1) is 5.82 Å². The van der Waals surface area contributed by atoms with E-state index >= 15 is 0 Å². The summed E-state index contributed by atoms with van der Waals surface area (Å²) >= 11 is 6.18. The van der Waals surface area contributed by atoms with Gasteiger partial charge in [0.25, 0.3) is 5.91 Å². The smallest absolute Gasteiger partial charge is 0.277 e. The standard InChI is InChI=1S/C22H19ClFN5O3/c1-31-16-6-8-17(9-7-16)32-14-28-11-10-20(26-28)22(30)25-21-18(23)13-29(27-21)12-15-4-2-3-5-19(15)24/h2-11,13H,12,14H2,1H3,(H,25,27,30). The predicted molar refractivity (Wildman–Crippen MR) is 117 cm³/mol. The first kappa shape index (κ1) is 21.4. The first-order valence-electron chi connectivity index (χ1n) is 9.60. The molecular formula is C22H19ClFN5O3. The first-order valence-corrected chi connectivity index (χ1v) is 9.97. The highest BCUT2D eigenvalue weighted by Gasteiger charge is 2.15. The number of benzene rings is 2. The van der Waals surface area contributed by atoms with E-state index < -0.39 is 5.91 Å². The third-order valence-electron chi connectivity index (χ3n) is 4.54. The summed E-state index contributed by atoms with van der Waals surface area (Å²) < 4.78 is 27.5. The Kier molecular flexibility index (Phi) is 6.37. The minimum atomic E-state index is -0.480. The molecule has 1 amide bonds. The van der Waals surface area contributed by atoms with Crippen LogP contribution < -0.4 is 14.8 Å². The summed E-state index contributed by atoms with van der Waals surface area (Å²) in [5.74, 6) is 0.709. The molecule has 10 heteroatoms.